The van der Waals surface area contributed by atoms with Gasteiger partial charge in [-0.25, -0.2) is 4.68 Å². The van der Waals surface area contributed by atoms with Crippen LogP contribution in [0, 0.1) is 6.92 Å². The molecule has 2 N–H and O–H groups in total. The molecule has 5 rings (SSSR count). The average Bonchev–Trinajstić information content (AvgIpc) is 3.34. The van der Waals surface area contributed by atoms with E-state index in [1.807, 2.05) is 91.3 Å². The number of halogens is 1. The summed E-state index contributed by atoms with van der Waals surface area (Å²) in [4.78, 5) is 18.5. The summed E-state index contributed by atoms with van der Waals surface area (Å²) in [6.07, 6.45) is 2.19. The second-order valence-corrected chi connectivity index (χ2v) is 11.2. The summed E-state index contributed by atoms with van der Waals surface area (Å²) >= 11 is 7.91. The summed E-state index contributed by atoms with van der Waals surface area (Å²) in [5.41, 5.74) is 4.94. The fourth-order valence-electron chi connectivity index (χ4n) is 4.55. The Morgan fingerprint density at radius 3 is 2.65 bits per heavy atom. The third-order valence-corrected chi connectivity index (χ3v) is 7.92. The minimum absolute atomic E-state index is 0.194. The fraction of sp³-hybridized carbons (Fsp3) is 0.258. The molecule has 2 heterocycles. The molecule has 0 radical (unpaired) electrons. The molecule has 1 amide bonds. The van der Waals surface area contributed by atoms with Crippen LogP contribution in [0.4, 0.5) is 11.6 Å². The molecular weight excluding hydrogens is 542 g/mol. The Morgan fingerprint density at radius 1 is 1.10 bits per heavy atom. The Balaban J connectivity index is 1.45. The fourth-order valence-corrected chi connectivity index (χ4v) is 5.65. The molecule has 1 aliphatic heterocycles. The van der Waals surface area contributed by atoms with Gasteiger partial charge in [-0.1, -0.05) is 79.2 Å². The molecule has 1 unspecified atom stereocenters. The summed E-state index contributed by atoms with van der Waals surface area (Å²) in [5, 5.41) is 12.6. The maximum atomic E-state index is 13.7. The van der Waals surface area contributed by atoms with Crippen molar-refractivity contribution < 1.29 is 9.53 Å². The molecule has 0 bridgehead atoms. The number of benzene rings is 3. The standard InChI is InChI=1S/C31H32ClN5O2S/c1-4-5-17-40-31-35-30-33-21(3)27(29(38)34-24-11-8-9-20(2)18-24)28(37(30)36-31)22-13-15-25(16-14-22)39-19-23-10-6-7-12-26(23)32/h6-16,18,28H,4-5,17,19H2,1-3H3,(H,34,38)(H,33,35,36). The van der Waals surface area contributed by atoms with Gasteiger partial charge in [-0.15, -0.1) is 5.10 Å². The van der Waals surface area contributed by atoms with Crippen molar-refractivity contribution in [3.63, 3.8) is 0 Å². The number of rotatable bonds is 10. The van der Waals surface area contributed by atoms with Gasteiger partial charge < -0.3 is 15.4 Å². The number of thioether (sulfide) groups is 1. The lowest BCUT2D eigenvalue weighted by Crippen LogP contribution is -2.31. The second kappa shape index (κ2) is 12.6. The number of amides is 1. The Kier molecular flexibility index (Phi) is 8.77. The van der Waals surface area contributed by atoms with Gasteiger partial charge in [-0.2, -0.15) is 4.98 Å². The minimum atomic E-state index is -0.466. The number of carbonyl (C=O) groups excluding carboxylic acids is 1. The Morgan fingerprint density at radius 2 is 1.90 bits per heavy atom. The van der Waals surface area contributed by atoms with Crippen LogP contribution in [0.5, 0.6) is 5.75 Å². The van der Waals surface area contributed by atoms with Gasteiger partial charge in [-0.05, 0) is 61.7 Å². The number of ether oxygens (including phenoxy) is 1. The van der Waals surface area contributed by atoms with Crippen LogP contribution in [0.2, 0.25) is 5.02 Å². The molecule has 1 atom stereocenters. The highest BCUT2D eigenvalue weighted by molar-refractivity contribution is 7.99. The first-order chi connectivity index (χ1) is 19.4. The predicted molar refractivity (Wildman–Crippen MR) is 162 cm³/mol. The van der Waals surface area contributed by atoms with E-state index in [1.165, 1.54) is 0 Å². The third-order valence-electron chi connectivity index (χ3n) is 6.63. The highest BCUT2D eigenvalue weighted by Gasteiger charge is 2.34. The van der Waals surface area contributed by atoms with E-state index in [2.05, 4.69) is 17.6 Å². The zero-order chi connectivity index (χ0) is 28.1. The van der Waals surface area contributed by atoms with Gasteiger partial charge in [0.1, 0.15) is 18.4 Å². The van der Waals surface area contributed by atoms with Crippen molar-refractivity contribution in [1.29, 1.82) is 0 Å². The number of anilines is 2. The quantitative estimate of drug-likeness (QED) is 0.150. The van der Waals surface area contributed by atoms with Gasteiger partial charge in [0.25, 0.3) is 5.91 Å². The van der Waals surface area contributed by atoms with E-state index in [0.29, 0.717) is 34.1 Å². The summed E-state index contributed by atoms with van der Waals surface area (Å²) in [6.45, 7) is 6.43. The van der Waals surface area contributed by atoms with Crippen LogP contribution >= 0.6 is 23.4 Å². The Hall–Kier alpha value is -3.75. The lowest BCUT2D eigenvalue weighted by molar-refractivity contribution is -0.113. The monoisotopic (exact) mass is 573 g/mol. The molecule has 9 heteroatoms. The molecule has 40 heavy (non-hydrogen) atoms. The molecular formula is C31H32ClN5O2S. The van der Waals surface area contributed by atoms with Crippen LogP contribution in [0.3, 0.4) is 0 Å². The first-order valence-corrected chi connectivity index (χ1v) is 14.7. The average molecular weight is 574 g/mol. The molecule has 1 aromatic heterocycles. The van der Waals surface area contributed by atoms with Crippen LogP contribution in [-0.2, 0) is 11.4 Å². The summed E-state index contributed by atoms with van der Waals surface area (Å²) < 4.78 is 7.81. The highest BCUT2D eigenvalue weighted by atomic mass is 35.5. The topological polar surface area (TPSA) is 81.1 Å². The minimum Gasteiger partial charge on any atom is -0.489 e. The number of unbranched alkanes of at least 4 members (excludes halogenated alkanes) is 1. The van der Waals surface area contributed by atoms with E-state index in [4.69, 9.17) is 26.4 Å². The normalized spacial score (nSPS) is 14.4. The van der Waals surface area contributed by atoms with E-state index in [1.54, 1.807) is 11.8 Å². The second-order valence-electron chi connectivity index (χ2n) is 9.70. The smallest absolute Gasteiger partial charge is 0.255 e. The van der Waals surface area contributed by atoms with Crippen molar-refractivity contribution in [2.75, 3.05) is 16.4 Å². The summed E-state index contributed by atoms with van der Waals surface area (Å²) in [7, 11) is 0. The van der Waals surface area contributed by atoms with Crippen molar-refractivity contribution in [3.8, 4) is 5.75 Å². The van der Waals surface area contributed by atoms with Gasteiger partial charge >= 0.3 is 0 Å². The molecule has 0 fully saturated rings. The lowest BCUT2D eigenvalue weighted by atomic mass is 9.95. The Labute approximate surface area is 244 Å². The number of allylic oxidation sites excluding steroid dienone is 1. The van der Waals surface area contributed by atoms with E-state index in [-0.39, 0.29) is 5.91 Å². The number of carbonyl (C=O) groups is 1. The van der Waals surface area contributed by atoms with Crippen LogP contribution in [0.1, 0.15) is 49.4 Å². The maximum absolute atomic E-state index is 13.7. The van der Waals surface area contributed by atoms with Gasteiger partial charge in [0, 0.05) is 27.7 Å². The lowest BCUT2D eigenvalue weighted by Gasteiger charge is -2.28. The highest BCUT2D eigenvalue weighted by Crippen LogP contribution is 2.37. The zero-order valence-corrected chi connectivity index (χ0v) is 24.4. The number of aromatic nitrogens is 3. The largest absolute Gasteiger partial charge is 0.489 e. The number of fused-ring (bicyclic) bond motifs is 1. The number of nitrogens with one attached hydrogen (secondary N) is 2. The van der Waals surface area contributed by atoms with Crippen LogP contribution in [-0.4, -0.2) is 26.4 Å². The molecule has 4 aromatic rings. The van der Waals surface area contributed by atoms with Crippen LogP contribution in [0.25, 0.3) is 0 Å². The first kappa shape index (κ1) is 27.8. The summed E-state index contributed by atoms with van der Waals surface area (Å²) in [5.74, 6) is 2.07. The van der Waals surface area contributed by atoms with Crippen molar-refractivity contribution in [1.82, 2.24) is 14.8 Å². The summed E-state index contributed by atoms with van der Waals surface area (Å²) in [6, 6.07) is 22.7. The van der Waals surface area contributed by atoms with Crippen LogP contribution < -0.4 is 15.4 Å². The van der Waals surface area contributed by atoms with Crippen LogP contribution in [0.15, 0.2) is 89.2 Å². The molecule has 7 nitrogen and oxygen atoms in total. The zero-order valence-electron chi connectivity index (χ0n) is 22.8. The number of hydrogen-bond donors (Lipinski definition) is 2. The molecule has 206 valence electrons. The molecule has 3 aromatic carbocycles. The Bertz CT molecular complexity index is 1530. The van der Waals surface area contributed by atoms with E-state index < -0.39 is 6.04 Å². The predicted octanol–water partition coefficient (Wildman–Crippen LogP) is 7.64. The number of hydrogen-bond acceptors (Lipinski definition) is 6. The first-order valence-electron chi connectivity index (χ1n) is 13.3. The van der Waals surface area contributed by atoms with E-state index in [0.717, 1.165) is 46.7 Å². The van der Waals surface area contributed by atoms with Crippen molar-refractivity contribution in [2.45, 2.75) is 51.4 Å². The van der Waals surface area contributed by atoms with E-state index in [9.17, 15) is 4.79 Å². The third kappa shape index (κ3) is 6.35. The van der Waals surface area contributed by atoms with Crippen molar-refractivity contribution in [2.24, 2.45) is 0 Å². The molecule has 1 aliphatic rings. The molecule has 0 saturated heterocycles. The van der Waals surface area contributed by atoms with Crippen molar-refractivity contribution in [3.05, 3.63) is 106 Å². The SMILES string of the molecule is CCCCSc1nc2n(n1)C(c1ccc(OCc3ccccc3Cl)cc1)C(C(=O)Nc1cccc(C)c1)=C(C)N2. The van der Waals surface area contributed by atoms with Crippen molar-refractivity contribution >= 4 is 40.9 Å². The van der Waals surface area contributed by atoms with Gasteiger partial charge in [0.05, 0.1) is 5.57 Å². The molecule has 0 spiro atoms. The number of aryl methyl sites for hydroxylation is 1. The van der Waals surface area contributed by atoms with E-state index >= 15 is 0 Å². The number of nitrogens with zero attached hydrogens (tertiary/aromatic N) is 3. The molecule has 0 saturated carbocycles. The molecule has 0 aliphatic carbocycles. The van der Waals surface area contributed by atoms with Gasteiger partial charge in [0.15, 0.2) is 0 Å². The maximum Gasteiger partial charge on any atom is 0.255 e. The van der Waals surface area contributed by atoms with Gasteiger partial charge in [-0.3, -0.25) is 4.79 Å². The van der Waals surface area contributed by atoms with Gasteiger partial charge in [0.2, 0.25) is 11.1 Å².